The summed E-state index contributed by atoms with van der Waals surface area (Å²) in [6, 6.07) is 42.0. The summed E-state index contributed by atoms with van der Waals surface area (Å²) in [5, 5.41) is 4.25. The molecular formula is C27H27BrOP+. The molecule has 0 saturated heterocycles. The summed E-state index contributed by atoms with van der Waals surface area (Å²) in [7, 11) is -0.0962. The first-order valence-corrected chi connectivity index (χ1v) is 11.9. The fraction of sp³-hybridized carbons (Fsp3) is 0.111. The summed E-state index contributed by atoms with van der Waals surface area (Å²) in [5.74, 6) is 0. The number of hydrogen-bond acceptors (Lipinski definition) is 1. The SMILES string of the molecule is Br.COCc1ccc(C[P+](c2ccccc2)(c2ccccc2)c2ccccc2)cc1. The van der Waals surface area contributed by atoms with E-state index < -0.39 is 7.26 Å². The third-order valence-corrected chi connectivity index (χ3v) is 9.72. The molecule has 0 amide bonds. The number of rotatable bonds is 7. The largest absolute Gasteiger partial charge is 0.380 e. The Kier molecular flexibility index (Phi) is 7.99. The van der Waals surface area contributed by atoms with Gasteiger partial charge in [0.05, 0.1) is 12.8 Å². The van der Waals surface area contributed by atoms with Crippen LogP contribution < -0.4 is 15.9 Å². The molecule has 1 nitrogen and oxygen atoms in total. The molecule has 0 radical (unpaired) electrons. The summed E-state index contributed by atoms with van der Waals surface area (Å²) >= 11 is 0. The van der Waals surface area contributed by atoms with E-state index in [1.165, 1.54) is 27.0 Å². The summed E-state index contributed by atoms with van der Waals surface area (Å²) in [6.45, 7) is 0.649. The molecule has 0 bridgehead atoms. The van der Waals surface area contributed by atoms with E-state index in [0.717, 1.165) is 6.16 Å². The predicted molar refractivity (Wildman–Crippen MR) is 136 cm³/mol. The maximum absolute atomic E-state index is 5.28. The lowest BCUT2D eigenvalue weighted by molar-refractivity contribution is 0.185. The molecule has 30 heavy (non-hydrogen) atoms. The van der Waals surface area contributed by atoms with Crippen molar-refractivity contribution >= 4 is 40.2 Å². The lowest BCUT2D eigenvalue weighted by atomic mass is 10.2. The van der Waals surface area contributed by atoms with Crippen molar-refractivity contribution in [2.24, 2.45) is 0 Å². The van der Waals surface area contributed by atoms with E-state index in [2.05, 4.69) is 115 Å². The van der Waals surface area contributed by atoms with Gasteiger partial charge in [-0.05, 0) is 47.5 Å². The van der Waals surface area contributed by atoms with Gasteiger partial charge in [-0.2, -0.15) is 0 Å². The van der Waals surface area contributed by atoms with E-state index in [4.69, 9.17) is 4.74 Å². The second-order valence-electron chi connectivity index (χ2n) is 7.22. The zero-order valence-corrected chi connectivity index (χ0v) is 19.8. The smallest absolute Gasteiger partial charge is 0.116 e. The molecule has 4 aromatic carbocycles. The zero-order valence-electron chi connectivity index (χ0n) is 17.1. The normalized spacial score (nSPS) is 11.0. The molecule has 4 aromatic rings. The second-order valence-corrected chi connectivity index (χ2v) is 10.7. The molecule has 3 heteroatoms. The predicted octanol–water partition coefficient (Wildman–Crippen LogP) is 5.91. The van der Waals surface area contributed by atoms with Gasteiger partial charge in [-0.1, -0.05) is 78.9 Å². The van der Waals surface area contributed by atoms with Crippen molar-refractivity contribution in [3.63, 3.8) is 0 Å². The molecule has 0 saturated carbocycles. The van der Waals surface area contributed by atoms with Crippen LogP contribution in [-0.4, -0.2) is 7.11 Å². The van der Waals surface area contributed by atoms with Crippen molar-refractivity contribution in [3.8, 4) is 0 Å². The summed E-state index contributed by atoms with van der Waals surface area (Å²) in [4.78, 5) is 0. The molecule has 0 aliphatic rings. The molecule has 0 atom stereocenters. The van der Waals surface area contributed by atoms with E-state index in [9.17, 15) is 0 Å². The fourth-order valence-corrected chi connectivity index (χ4v) is 8.19. The highest BCUT2D eigenvalue weighted by Gasteiger charge is 2.45. The van der Waals surface area contributed by atoms with Crippen LogP contribution >= 0.6 is 24.2 Å². The van der Waals surface area contributed by atoms with E-state index in [0.29, 0.717) is 6.61 Å². The molecule has 0 fully saturated rings. The molecule has 0 spiro atoms. The monoisotopic (exact) mass is 477 g/mol. The zero-order chi connectivity index (χ0) is 19.9. The standard InChI is InChI=1S/C27H26OP.BrH/c1-28-21-23-17-19-24(20-18-23)22-29(25-11-5-2-6-12-25,26-13-7-3-8-14-26)27-15-9-4-10-16-27;/h2-20H,21-22H2,1H3;1H/q+1;. The topological polar surface area (TPSA) is 9.23 Å². The maximum Gasteiger partial charge on any atom is 0.116 e. The summed E-state index contributed by atoms with van der Waals surface area (Å²) in [6.07, 6.45) is 0.998. The van der Waals surface area contributed by atoms with Gasteiger partial charge in [-0.25, -0.2) is 0 Å². The number of ether oxygens (including phenoxy) is 1. The molecule has 0 aliphatic carbocycles. The van der Waals surface area contributed by atoms with Gasteiger partial charge in [-0.3, -0.25) is 0 Å². The quantitative estimate of drug-likeness (QED) is 0.301. The number of hydrogen-bond donors (Lipinski definition) is 0. The van der Waals surface area contributed by atoms with Crippen molar-refractivity contribution in [2.75, 3.05) is 7.11 Å². The minimum Gasteiger partial charge on any atom is -0.380 e. The highest BCUT2D eigenvalue weighted by molar-refractivity contribution is 8.93. The van der Waals surface area contributed by atoms with E-state index in [1.807, 2.05) is 0 Å². The van der Waals surface area contributed by atoms with Crippen molar-refractivity contribution in [1.82, 2.24) is 0 Å². The number of methoxy groups -OCH3 is 1. The van der Waals surface area contributed by atoms with Crippen LogP contribution in [-0.2, 0) is 17.5 Å². The molecule has 0 aromatic heterocycles. The Morgan fingerprint density at radius 3 is 1.27 bits per heavy atom. The van der Waals surface area contributed by atoms with Gasteiger partial charge in [0.2, 0.25) is 0 Å². The van der Waals surface area contributed by atoms with Gasteiger partial charge in [0.25, 0.3) is 0 Å². The highest BCUT2D eigenvalue weighted by Crippen LogP contribution is 2.58. The third-order valence-electron chi connectivity index (χ3n) is 5.34. The van der Waals surface area contributed by atoms with Gasteiger partial charge in [0, 0.05) is 7.11 Å². The van der Waals surface area contributed by atoms with Crippen LogP contribution in [0.2, 0.25) is 0 Å². The Morgan fingerprint density at radius 2 is 0.900 bits per heavy atom. The van der Waals surface area contributed by atoms with Crippen LogP contribution in [0.4, 0.5) is 0 Å². The average molecular weight is 478 g/mol. The number of halogens is 1. The summed E-state index contributed by atoms with van der Waals surface area (Å²) < 4.78 is 5.28. The fourth-order valence-electron chi connectivity index (χ4n) is 3.95. The lowest BCUT2D eigenvalue weighted by Crippen LogP contribution is -2.32. The van der Waals surface area contributed by atoms with Gasteiger partial charge in [0.15, 0.2) is 0 Å². The number of benzene rings is 4. The minimum absolute atomic E-state index is 0. The van der Waals surface area contributed by atoms with Crippen molar-refractivity contribution in [2.45, 2.75) is 12.8 Å². The molecule has 0 N–H and O–H groups in total. The van der Waals surface area contributed by atoms with Crippen LogP contribution in [0.25, 0.3) is 0 Å². The Hall–Kier alpha value is -2.25. The molecule has 0 unspecified atom stereocenters. The molecule has 0 heterocycles. The van der Waals surface area contributed by atoms with E-state index >= 15 is 0 Å². The minimum atomic E-state index is -1.84. The first-order chi connectivity index (χ1) is 14.3. The Bertz CT molecular complexity index is 922. The van der Waals surface area contributed by atoms with Crippen LogP contribution in [0.5, 0.6) is 0 Å². The van der Waals surface area contributed by atoms with Crippen molar-refractivity contribution in [1.29, 1.82) is 0 Å². The van der Waals surface area contributed by atoms with Crippen molar-refractivity contribution < 1.29 is 4.74 Å². The van der Waals surface area contributed by atoms with Crippen molar-refractivity contribution in [3.05, 3.63) is 126 Å². The van der Waals surface area contributed by atoms with Crippen LogP contribution in [0.1, 0.15) is 11.1 Å². The van der Waals surface area contributed by atoms with Gasteiger partial charge < -0.3 is 4.74 Å². The van der Waals surface area contributed by atoms with Crippen LogP contribution in [0.3, 0.4) is 0 Å². The van der Waals surface area contributed by atoms with Crippen LogP contribution in [0.15, 0.2) is 115 Å². The van der Waals surface area contributed by atoms with E-state index in [-0.39, 0.29) is 17.0 Å². The average Bonchev–Trinajstić information content (AvgIpc) is 2.80. The first kappa shape index (κ1) is 22.4. The third kappa shape index (κ3) is 4.73. The highest BCUT2D eigenvalue weighted by atomic mass is 79.9. The Morgan fingerprint density at radius 1 is 0.533 bits per heavy atom. The molecule has 0 aliphatic heterocycles. The Labute approximate surface area is 190 Å². The van der Waals surface area contributed by atoms with Crippen LogP contribution in [0, 0.1) is 0 Å². The first-order valence-electron chi connectivity index (χ1n) is 9.94. The summed E-state index contributed by atoms with van der Waals surface area (Å²) in [5.41, 5.74) is 2.56. The maximum atomic E-state index is 5.28. The second kappa shape index (κ2) is 10.7. The molecular weight excluding hydrogens is 451 g/mol. The molecule has 152 valence electrons. The van der Waals surface area contributed by atoms with Gasteiger partial charge >= 0.3 is 0 Å². The lowest BCUT2D eigenvalue weighted by Gasteiger charge is -2.28. The molecule has 4 rings (SSSR count). The van der Waals surface area contributed by atoms with E-state index in [1.54, 1.807) is 7.11 Å². The van der Waals surface area contributed by atoms with Gasteiger partial charge in [-0.15, -0.1) is 17.0 Å². The van der Waals surface area contributed by atoms with Gasteiger partial charge in [0.1, 0.15) is 23.2 Å². The Balaban J connectivity index is 0.00000256.